The number of hydrogen-bond acceptors (Lipinski definition) is 5. The molecule has 1 aromatic heterocycles. The van der Waals surface area contributed by atoms with E-state index in [1.165, 1.54) is 11.3 Å². The van der Waals surface area contributed by atoms with Crippen molar-refractivity contribution in [2.24, 2.45) is 0 Å². The molecule has 1 amide bonds. The predicted octanol–water partition coefficient (Wildman–Crippen LogP) is 2.00. The Morgan fingerprint density at radius 3 is 3.20 bits per heavy atom. The van der Waals surface area contributed by atoms with Gasteiger partial charge in [0.2, 0.25) is 5.91 Å². The van der Waals surface area contributed by atoms with E-state index in [0.717, 1.165) is 32.1 Å². The van der Waals surface area contributed by atoms with Crippen molar-refractivity contribution in [2.45, 2.75) is 31.7 Å². The van der Waals surface area contributed by atoms with Gasteiger partial charge in [-0.2, -0.15) is 5.26 Å². The largest absolute Gasteiger partial charge is 0.317 e. The molecule has 2 heterocycles. The van der Waals surface area contributed by atoms with Crippen molar-refractivity contribution in [1.82, 2.24) is 4.90 Å². The third-order valence-electron chi connectivity index (χ3n) is 3.49. The number of rotatable bonds is 5. The number of carbonyl (C=O) groups is 2. The summed E-state index contributed by atoms with van der Waals surface area (Å²) in [5.41, 5.74) is 0.493. The summed E-state index contributed by atoms with van der Waals surface area (Å²) in [5, 5.41) is 14.0. The lowest BCUT2D eigenvalue weighted by Gasteiger charge is -2.31. The van der Waals surface area contributed by atoms with Crippen LogP contribution in [0.4, 0.5) is 5.00 Å². The molecule has 106 valence electrons. The molecule has 0 saturated carbocycles. The summed E-state index contributed by atoms with van der Waals surface area (Å²) in [4.78, 5) is 24.9. The van der Waals surface area contributed by atoms with E-state index >= 15 is 0 Å². The number of hydrogen-bond donors (Lipinski definition) is 1. The van der Waals surface area contributed by atoms with Crippen LogP contribution in [0.3, 0.4) is 0 Å². The molecule has 0 bridgehead atoms. The highest BCUT2D eigenvalue weighted by Gasteiger charge is 2.22. The van der Waals surface area contributed by atoms with Crippen LogP contribution in [0.15, 0.2) is 11.4 Å². The van der Waals surface area contributed by atoms with Crippen molar-refractivity contribution in [2.75, 3.05) is 18.4 Å². The van der Waals surface area contributed by atoms with Gasteiger partial charge in [0.25, 0.3) is 0 Å². The summed E-state index contributed by atoms with van der Waals surface area (Å²) in [6, 6.07) is 3.68. The van der Waals surface area contributed by atoms with Gasteiger partial charge in [-0.05, 0) is 30.8 Å². The summed E-state index contributed by atoms with van der Waals surface area (Å²) >= 11 is 1.34. The maximum atomic E-state index is 11.9. The number of likely N-dealkylation sites (tertiary alicyclic amines) is 1. The lowest BCUT2D eigenvalue weighted by molar-refractivity contribution is -0.118. The standard InChI is InChI=1S/C14H17N3O2S/c15-9-11-5-8-20-14(11)16-13(19)4-7-17-6-2-1-3-12(17)10-18/h5,8,10,12H,1-4,6-7H2,(H,16,19). The zero-order valence-electron chi connectivity index (χ0n) is 11.2. The highest BCUT2D eigenvalue weighted by Crippen LogP contribution is 2.22. The molecule has 0 aliphatic carbocycles. The third kappa shape index (κ3) is 3.65. The lowest BCUT2D eigenvalue weighted by Crippen LogP contribution is -2.41. The quantitative estimate of drug-likeness (QED) is 0.842. The average Bonchev–Trinajstić information content (AvgIpc) is 2.92. The van der Waals surface area contributed by atoms with Crippen LogP contribution in [0.2, 0.25) is 0 Å². The first kappa shape index (κ1) is 14.7. The Balaban J connectivity index is 1.83. The minimum Gasteiger partial charge on any atom is -0.317 e. The van der Waals surface area contributed by atoms with E-state index in [9.17, 15) is 9.59 Å². The van der Waals surface area contributed by atoms with Crippen molar-refractivity contribution in [3.05, 3.63) is 17.0 Å². The van der Waals surface area contributed by atoms with Crippen LogP contribution in [0, 0.1) is 11.3 Å². The Bertz CT molecular complexity index is 521. The first-order valence-corrected chi connectivity index (χ1v) is 7.59. The van der Waals surface area contributed by atoms with Gasteiger partial charge in [0, 0.05) is 13.0 Å². The van der Waals surface area contributed by atoms with Crippen LogP contribution in [-0.4, -0.2) is 36.2 Å². The van der Waals surface area contributed by atoms with Crippen molar-refractivity contribution in [3.63, 3.8) is 0 Å². The second-order valence-corrected chi connectivity index (χ2v) is 5.72. The molecule has 1 aliphatic heterocycles. The van der Waals surface area contributed by atoms with Crippen molar-refractivity contribution in [3.8, 4) is 6.07 Å². The first-order valence-electron chi connectivity index (χ1n) is 6.71. The molecular formula is C14H17N3O2S. The predicted molar refractivity (Wildman–Crippen MR) is 77.6 cm³/mol. The van der Waals surface area contributed by atoms with E-state index in [0.29, 0.717) is 23.5 Å². The Kier molecular flexibility index (Phi) is 5.27. The molecule has 1 fully saturated rings. The average molecular weight is 291 g/mol. The SMILES string of the molecule is N#Cc1ccsc1NC(=O)CCN1CCCCC1C=O. The Labute approximate surface area is 122 Å². The number of anilines is 1. The fraction of sp³-hybridized carbons (Fsp3) is 0.500. The van der Waals surface area contributed by atoms with Gasteiger partial charge >= 0.3 is 0 Å². The molecule has 1 aromatic rings. The second-order valence-electron chi connectivity index (χ2n) is 4.81. The molecule has 5 nitrogen and oxygen atoms in total. The van der Waals surface area contributed by atoms with Gasteiger partial charge < -0.3 is 10.1 Å². The van der Waals surface area contributed by atoms with E-state index in [2.05, 4.69) is 10.2 Å². The van der Waals surface area contributed by atoms with Gasteiger partial charge in [-0.1, -0.05) is 6.42 Å². The van der Waals surface area contributed by atoms with E-state index in [1.807, 2.05) is 6.07 Å². The molecule has 0 aromatic carbocycles. The number of nitrogens with zero attached hydrogens (tertiary/aromatic N) is 2. The maximum Gasteiger partial charge on any atom is 0.226 e. The van der Waals surface area contributed by atoms with E-state index in [-0.39, 0.29) is 11.9 Å². The minimum atomic E-state index is -0.112. The van der Waals surface area contributed by atoms with Crippen molar-refractivity contribution < 1.29 is 9.59 Å². The fourth-order valence-electron chi connectivity index (χ4n) is 2.38. The highest BCUT2D eigenvalue weighted by atomic mass is 32.1. The molecule has 20 heavy (non-hydrogen) atoms. The van der Waals surface area contributed by atoms with Gasteiger partial charge in [-0.15, -0.1) is 11.3 Å². The normalized spacial score (nSPS) is 19.2. The fourth-order valence-corrected chi connectivity index (χ4v) is 3.13. The molecule has 0 radical (unpaired) electrons. The van der Waals surface area contributed by atoms with Crippen molar-refractivity contribution >= 4 is 28.5 Å². The summed E-state index contributed by atoms with van der Waals surface area (Å²) in [6.07, 6.45) is 4.36. The van der Waals surface area contributed by atoms with Gasteiger partial charge in [0.1, 0.15) is 17.4 Å². The molecule has 1 saturated heterocycles. The van der Waals surface area contributed by atoms with Crippen LogP contribution >= 0.6 is 11.3 Å². The van der Waals surface area contributed by atoms with Gasteiger partial charge in [-0.3, -0.25) is 9.69 Å². The summed E-state index contributed by atoms with van der Waals surface area (Å²) < 4.78 is 0. The van der Waals surface area contributed by atoms with E-state index < -0.39 is 0 Å². The monoisotopic (exact) mass is 291 g/mol. The second kappa shape index (κ2) is 7.17. The minimum absolute atomic E-state index is 0.0482. The molecule has 1 aliphatic rings. The van der Waals surface area contributed by atoms with Crippen LogP contribution in [0.1, 0.15) is 31.2 Å². The number of thiophene rings is 1. The van der Waals surface area contributed by atoms with Crippen LogP contribution < -0.4 is 5.32 Å². The lowest BCUT2D eigenvalue weighted by atomic mass is 10.0. The Hall–Kier alpha value is -1.71. The van der Waals surface area contributed by atoms with E-state index in [4.69, 9.17) is 5.26 Å². The van der Waals surface area contributed by atoms with Crippen LogP contribution in [-0.2, 0) is 9.59 Å². The molecule has 6 heteroatoms. The number of carbonyl (C=O) groups excluding carboxylic acids is 2. The Morgan fingerprint density at radius 1 is 1.60 bits per heavy atom. The molecular weight excluding hydrogens is 274 g/mol. The van der Waals surface area contributed by atoms with Gasteiger partial charge in [-0.25, -0.2) is 0 Å². The van der Waals surface area contributed by atoms with Crippen molar-refractivity contribution in [1.29, 1.82) is 5.26 Å². The number of nitrogens with one attached hydrogen (secondary N) is 1. The van der Waals surface area contributed by atoms with E-state index in [1.54, 1.807) is 11.4 Å². The maximum absolute atomic E-state index is 11.9. The molecule has 1 N–H and O–H groups in total. The topological polar surface area (TPSA) is 73.2 Å². The number of piperidine rings is 1. The zero-order valence-corrected chi connectivity index (χ0v) is 12.0. The molecule has 0 spiro atoms. The molecule has 2 rings (SSSR count). The number of nitriles is 1. The molecule has 1 unspecified atom stereocenters. The summed E-state index contributed by atoms with van der Waals surface area (Å²) in [7, 11) is 0. The van der Waals surface area contributed by atoms with Crippen LogP contribution in [0.25, 0.3) is 0 Å². The Morgan fingerprint density at radius 2 is 2.45 bits per heavy atom. The highest BCUT2D eigenvalue weighted by molar-refractivity contribution is 7.14. The summed E-state index contributed by atoms with van der Waals surface area (Å²) in [5.74, 6) is -0.112. The zero-order chi connectivity index (χ0) is 14.4. The number of amides is 1. The van der Waals surface area contributed by atoms with Gasteiger partial charge in [0.15, 0.2) is 0 Å². The first-order chi connectivity index (χ1) is 9.74. The van der Waals surface area contributed by atoms with Crippen LogP contribution in [0.5, 0.6) is 0 Å². The molecule has 1 atom stereocenters. The number of aldehydes is 1. The third-order valence-corrected chi connectivity index (χ3v) is 4.32. The smallest absolute Gasteiger partial charge is 0.226 e. The summed E-state index contributed by atoms with van der Waals surface area (Å²) in [6.45, 7) is 1.46. The van der Waals surface area contributed by atoms with Gasteiger partial charge in [0.05, 0.1) is 11.6 Å².